The third kappa shape index (κ3) is 7.27. The molecule has 3 aromatic carbocycles. The lowest BCUT2D eigenvalue weighted by atomic mass is 9.97. The number of nitriles is 1. The number of carbonyl (C=O) groups excluding carboxylic acids is 1. The van der Waals surface area contributed by atoms with Crippen molar-refractivity contribution >= 4 is 34.9 Å². The largest absolute Gasteiger partial charge is 0.336 e. The van der Waals surface area contributed by atoms with E-state index in [4.69, 9.17) is 23.2 Å². The van der Waals surface area contributed by atoms with Crippen molar-refractivity contribution in [3.05, 3.63) is 87.9 Å². The molecule has 0 aliphatic carbocycles. The molecule has 0 bridgehead atoms. The highest BCUT2D eigenvalue weighted by atomic mass is 35.5. The van der Waals surface area contributed by atoms with Crippen LogP contribution in [0.25, 0.3) is 11.1 Å². The van der Waals surface area contributed by atoms with Gasteiger partial charge in [0.1, 0.15) is 0 Å². The molecule has 4 rings (SSSR count). The van der Waals surface area contributed by atoms with Crippen LogP contribution < -0.4 is 10.6 Å². The Labute approximate surface area is 235 Å². The Hall–Kier alpha value is -3.08. The van der Waals surface area contributed by atoms with E-state index < -0.39 is 0 Å². The maximum absolute atomic E-state index is 12.8. The van der Waals surface area contributed by atoms with Crippen LogP contribution in [0, 0.1) is 11.3 Å². The van der Waals surface area contributed by atoms with E-state index in [1.54, 1.807) is 18.2 Å². The van der Waals surface area contributed by atoms with Crippen LogP contribution in [0.4, 0.5) is 10.5 Å². The van der Waals surface area contributed by atoms with Gasteiger partial charge in [-0.2, -0.15) is 5.26 Å². The standard InChI is InChI=1S/C30H33Cl2N5O/c1-3-11-36-12-13-37(21(2)20-36)29(19-34-30(38)35-28-16-26(31)15-27(32)17-28)24-9-7-23(8-10-24)25-6-4-5-22(14-25)18-33/h4-10,14-17,21,29H,3,11-13,19-20H2,1-2H3,(H2,34,35,38)/t21-,29?/m0/s1. The van der Waals surface area contributed by atoms with Crippen molar-refractivity contribution in [2.24, 2.45) is 0 Å². The van der Waals surface area contributed by atoms with Crippen LogP contribution >= 0.6 is 23.2 Å². The molecule has 0 aromatic heterocycles. The molecule has 2 N–H and O–H groups in total. The molecule has 198 valence electrons. The third-order valence-corrected chi connectivity index (χ3v) is 7.34. The number of anilines is 1. The maximum atomic E-state index is 12.8. The van der Waals surface area contributed by atoms with Gasteiger partial charge >= 0.3 is 6.03 Å². The first-order chi connectivity index (χ1) is 18.4. The summed E-state index contributed by atoms with van der Waals surface area (Å²) in [4.78, 5) is 17.8. The summed E-state index contributed by atoms with van der Waals surface area (Å²) in [6.45, 7) is 8.93. The fourth-order valence-electron chi connectivity index (χ4n) is 5.11. The topological polar surface area (TPSA) is 71.4 Å². The van der Waals surface area contributed by atoms with E-state index in [-0.39, 0.29) is 12.1 Å². The third-order valence-electron chi connectivity index (χ3n) is 6.90. The second-order valence-electron chi connectivity index (χ2n) is 9.71. The number of halogens is 2. The first kappa shape index (κ1) is 27.9. The van der Waals surface area contributed by atoms with Gasteiger partial charge in [0.05, 0.1) is 17.7 Å². The van der Waals surface area contributed by atoms with Gasteiger partial charge in [0, 0.05) is 48.0 Å². The molecule has 3 aromatic rings. The van der Waals surface area contributed by atoms with E-state index in [0.717, 1.165) is 49.3 Å². The van der Waals surface area contributed by atoms with E-state index >= 15 is 0 Å². The number of amides is 2. The molecule has 1 aliphatic rings. The van der Waals surface area contributed by atoms with Gasteiger partial charge in [-0.05, 0) is 66.9 Å². The Morgan fingerprint density at radius 2 is 1.79 bits per heavy atom. The van der Waals surface area contributed by atoms with Crippen LogP contribution in [-0.2, 0) is 0 Å². The molecule has 1 aliphatic heterocycles. The molecule has 8 heteroatoms. The number of nitrogens with one attached hydrogen (secondary N) is 2. The number of rotatable bonds is 8. The van der Waals surface area contributed by atoms with Crippen LogP contribution in [0.5, 0.6) is 0 Å². The van der Waals surface area contributed by atoms with Crippen molar-refractivity contribution < 1.29 is 4.79 Å². The molecule has 1 saturated heterocycles. The summed E-state index contributed by atoms with van der Waals surface area (Å²) in [5.74, 6) is 0. The predicted molar refractivity (Wildman–Crippen MR) is 156 cm³/mol. The fraction of sp³-hybridized carbons (Fsp3) is 0.333. The number of hydrogen-bond donors (Lipinski definition) is 2. The highest BCUT2D eigenvalue weighted by molar-refractivity contribution is 6.35. The molecular weight excluding hydrogens is 517 g/mol. The molecule has 1 unspecified atom stereocenters. The van der Waals surface area contributed by atoms with Gasteiger partial charge in [-0.25, -0.2) is 4.79 Å². The van der Waals surface area contributed by atoms with Gasteiger partial charge in [0.25, 0.3) is 0 Å². The van der Waals surface area contributed by atoms with Gasteiger partial charge in [-0.3, -0.25) is 4.90 Å². The summed E-state index contributed by atoms with van der Waals surface area (Å²) in [6, 6.07) is 23.2. The van der Waals surface area contributed by atoms with Crippen molar-refractivity contribution in [1.29, 1.82) is 5.26 Å². The van der Waals surface area contributed by atoms with Crippen molar-refractivity contribution in [3.63, 3.8) is 0 Å². The normalized spacial score (nSPS) is 17.0. The van der Waals surface area contributed by atoms with E-state index in [0.29, 0.717) is 33.9 Å². The number of urea groups is 1. The first-order valence-electron chi connectivity index (χ1n) is 13.0. The zero-order valence-corrected chi connectivity index (χ0v) is 23.3. The molecule has 6 nitrogen and oxygen atoms in total. The minimum atomic E-state index is -0.310. The molecule has 0 spiro atoms. The average molecular weight is 551 g/mol. The zero-order chi connectivity index (χ0) is 27.1. The number of hydrogen-bond acceptors (Lipinski definition) is 4. The molecule has 2 amide bonds. The lowest BCUT2D eigenvalue weighted by Gasteiger charge is -2.44. The zero-order valence-electron chi connectivity index (χ0n) is 21.8. The molecule has 1 heterocycles. The lowest BCUT2D eigenvalue weighted by molar-refractivity contribution is 0.0490. The minimum absolute atomic E-state index is 0.00182. The summed E-state index contributed by atoms with van der Waals surface area (Å²) in [5, 5.41) is 16.1. The Kier molecular flexibility index (Phi) is 9.65. The lowest BCUT2D eigenvalue weighted by Crippen LogP contribution is -2.54. The molecule has 0 radical (unpaired) electrons. The van der Waals surface area contributed by atoms with Crippen LogP contribution in [0.3, 0.4) is 0 Å². The quantitative estimate of drug-likeness (QED) is 0.323. The number of nitrogens with zero attached hydrogens (tertiary/aromatic N) is 3. The van der Waals surface area contributed by atoms with Crippen molar-refractivity contribution in [2.45, 2.75) is 32.4 Å². The molecule has 38 heavy (non-hydrogen) atoms. The summed E-state index contributed by atoms with van der Waals surface area (Å²) in [7, 11) is 0. The second-order valence-corrected chi connectivity index (χ2v) is 10.6. The second kappa shape index (κ2) is 13.1. The Bertz CT molecular complexity index is 1270. The fourth-order valence-corrected chi connectivity index (χ4v) is 5.64. The van der Waals surface area contributed by atoms with Gasteiger partial charge in [0.2, 0.25) is 0 Å². The summed E-state index contributed by atoms with van der Waals surface area (Å²) in [5.41, 5.74) is 4.37. The smallest absolute Gasteiger partial charge is 0.319 e. The van der Waals surface area contributed by atoms with E-state index in [2.05, 4.69) is 64.6 Å². The monoisotopic (exact) mass is 549 g/mol. The van der Waals surface area contributed by atoms with Gasteiger partial charge < -0.3 is 15.5 Å². The van der Waals surface area contributed by atoms with Gasteiger partial charge in [-0.15, -0.1) is 0 Å². The van der Waals surface area contributed by atoms with Crippen LogP contribution in [0.1, 0.15) is 37.4 Å². The summed E-state index contributed by atoms with van der Waals surface area (Å²) >= 11 is 12.2. The Balaban J connectivity index is 1.52. The molecular formula is C30H33Cl2N5O. The summed E-state index contributed by atoms with van der Waals surface area (Å²) < 4.78 is 0. The van der Waals surface area contributed by atoms with Crippen LogP contribution in [0.2, 0.25) is 10.0 Å². The van der Waals surface area contributed by atoms with E-state index in [9.17, 15) is 10.1 Å². The molecule has 0 saturated carbocycles. The van der Waals surface area contributed by atoms with E-state index in [1.807, 2.05) is 24.3 Å². The highest BCUT2D eigenvalue weighted by Crippen LogP contribution is 2.29. The maximum Gasteiger partial charge on any atom is 0.319 e. The van der Waals surface area contributed by atoms with Crippen LogP contribution in [0.15, 0.2) is 66.7 Å². The number of benzene rings is 3. The molecule has 2 atom stereocenters. The average Bonchev–Trinajstić information content (AvgIpc) is 2.90. The predicted octanol–water partition coefficient (Wildman–Crippen LogP) is 6.81. The van der Waals surface area contributed by atoms with Gasteiger partial charge in [-0.1, -0.05) is 66.5 Å². The Morgan fingerprint density at radius 3 is 2.45 bits per heavy atom. The van der Waals surface area contributed by atoms with Crippen molar-refractivity contribution in [2.75, 3.05) is 38.0 Å². The first-order valence-corrected chi connectivity index (χ1v) is 13.7. The molecule has 1 fully saturated rings. The minimum Gasteiger partial charge on any atom is -0.336 e. The number of carbonyl (C=O) groups is 1. The van der Waals surface area contributed by atoms with Crippen molar-refractivity contribution in [3.8, 4) is 17.2 Å². The summed E-state index contributed by atoms with van der Waals surface area (Å²) in [6.07, 6.45) is 1.14. The van der Waals surface area contributed by atoms with Crippen molar-refractivity contribution in [1.82, 2.24) is 15.1 Å². The Morgan fingerprint density at radius 1 is 1.05 bits per heavy atom. The SMILES string of the molecule is CCCN1CCN(C(CNC(=O)Nc2cc(Cl)cc(Cl)c2)c2ccc(-c3cccc(C#N)c3)cc2)[C@@H](C)C1. The van der Waals surface area contributed by atoms with E-state index in [1.165, 1.54) is 0 Å². The van der Waals surface area contributed by atoms with Gasteiger partial charge in [0.15, 0.2) is 0 Å². The number of piperazine rings is 1. The highest BCUT2D eigenvalue weighted by Gasteiger charge is 2.30. The van der Waals surface area contributed by atoms with Crippen LogP contribution in [-0.4, -0.2) is 54.6 Å².